The molecule has 0 saturated heterocycles. The van der Waals surface area contributed by atoms with Crippen LogP contribution in [0.2, 0.25) is 5.15 Å². The maximum atomic E-state index is 6.15. The number of nitrogens with zero attached hydrogens (tertiary/aromatic N) is 4. The van der Waals surface area contributed by atoms with Crippen molar-refractivity contribution >= 4 is 34.5 Å². The van der Waals surface area contributed by atoms with Crippen LogP contribution in [0.1, 0.15) is 17.4 Å². The molecule has 0 spiro atoms. The normalized spacial score (nSPS) is 12.8. The first kappa shape index (κ1) is 13.3. The quantitative estimate of drug-likeness (QED) is 0.752. The summed E-state index contributed by atoms with van der Waals surface area (Å²) in [5.74, 6) is 1.35. The highest BCUT2D eigenvalue weighted by Gasteiger charge is 2.14. The Morgan fingerprint density at radius 3 is 3.10 bits per heavy atom. The van der Waals surface area contributed by atoms with Crippen molar-refractivity contribution in [1.82, 2.24) is 19.6 Å². The standard InChI is InChI=1S/C13H14ClN5S/c1-8(6-10-4-3-5-20-10)17-12-9(2)11(14)18-13-15-7-16-19(12)13/h3-5,7-8,17H,6H2,1-2H3. The molecule has 1 N–H and O–H groups in total. The van der Waals surface area contributed by atoms with E-state index in [0.717, 1.165) is 17.8 Å². The highest BCUT2D eigenvalue weighted by Crippen LogP contribution is 2.23. The van der Waals surface area contributed by atoms with Crippen LogP contribution in [-0.4, -0.2) is 25.6 Å². The zero-order valence-corrected chi connectivity index (χ0v) is 12.7. The summed E-state index contributed by atoms with van der Waals surface area (Å²) >= 11 is 7.91. The van der Waals surface area contributed by atoms with Crippen molar-refractivity contribution in [3.8, 4) is 0 Å². The number of thiophene rings is 1. The van der Waals surface area contributed by atoms with Gasteiger partial charge >= 0.3 is 0 Å². The van der Waals surface area contributed by atoms with Gasteiger partial charge < -0.3 is 5.32 Å². The van der Waals surface area contributed by atoms with Crippen molar-refractivity contribution in [3.63, 3.8) is 0 Å². The largest absolute Gasteiger partial charge is 0.367 e. The van der Waals surface area contributed by atoms with Crippen LogP contribution in [0.4, 0.5) is 5.82 Å². The summed E-state index contributed by atoms with van der Waals surface area (Å²) in [4.78, 5) is 9.62. The monoisotopic (exact) mass is 307 g/mol. The molecule has 0 amide bonds. The Balaban J connectivity index is 1.89. The van der Waals surface area contributed by atoms with E-state index in [0.29, 0.717) is 10.9 Å². The molecule has 104 valence electrons. The number of halogens is 1. The Labute approximate surface area is 125 Å². The molecule has 0 aromatic carbocycles. The number of aromatic nitrogens is 4. The molecule has 1 atom stereocenters. The number of nitrogens with one attached hydrogen (secondary N) is 1. The Kier molecular flexibility index (Phi) is 3.58. The molecule has 20 heavy (non-hydrogen) atoms. The van der Waals surface area contributed by atoms with Crippen molar-refractivity contribution in [2.45, 2.75) is 26.3 Å². The molecule has 0 radical (unpaired) electrons. The van der Waals surface area contributed by atoms with Gasteiger partial charge in [-0.15, -0.1) is 11.3 Å². The van der Waals surface area contributed by atoms with Crippen LogP contribution in [0.25, 0.3) is 5.78 Å². The second-order valence-electron chi connectivity index (χ2n) is 4.68. The SMILES string of the molecule is Cc1c(Cl)nc2ncnn2c1NC(C)Cc1cccs1. The predicted octanol–water partition coefficient (Wildman–Crippen LogP) is 3.19. The lowest BCUT2D eigenvalue weighted by atomic mass is 10.2. The van der Waals surface area contributed by atoms with E-state index >= 15 is 0 Å². The molecule has 0 bridgehead atoms. The topological polar surface area (TPSA) is 55.1 Å². The molecule has 7 heteroatoms. The second-order valence-corrected chi connectivity index (χ2v) is 6.07. The van der Waals surface area contributed by atoms with Crippen LogP contribution in [-0.2, 0) is 6.42 Å². The van der Waals surface area contributed by atoms with E-state index in [2.05, 4.69) is 44.8 Å². The molecule has 3 aromatic rings. The molecule has 0 fully saturated rings. The summed E-state index contributed by atoms with van der Waals surface area (Å²) in [6, 6.07) is 4.47. The van der Waals surface area contributed by atoms with Gasteiger partial charge in [-0.1, -0.05) is 17.7 Å². The van der Waals surface area contributed by atoms with E-state index in [1.165, 1.54) is 11.2 Å². The van der Waals surface area contributed by atoms with E-state index < -0.39 is 0 Å². The van der Waals surface area contributed by atoms with Crippen molar-refractivity contribution in [3.05, 3.63) is 39.4 Å². The molecule has 5 nitrogen and oxygen atoms in total. The molecule has 0 saturated carbocycles. The summed E-state index contributed by atoms with van der Waals surface area (Å²) in [6.07, 6.45) is 2.43. The third kappa shape index (κ3) is 2.48. The van der Waals surface area contributed by atoms with Crippen LogP contribution < -0.4 is 5.32 Å². The van der Waals surface area contributed by atoms with Gasteiger partial charge in [-0.3, -0.25) is 0 Å². The Morgan fingerprint density at radius 1 is 1.50 bits per heavy atom. The molecule has 3 rings (SSSR count). The first-order valence-electron chi connectivity index (χ1n) is 6.30. The first-order valence-corrected chi connectivity index (χ1v) is 7.55. The van der Waals surface area contributed by atoms with Gasteiger partial charge in [-0.05, 0) is 25.3 Å². The van der Waals surface area contributed by atoms with Crippen LogP contribution in [0.3, 0.4) is 0 Å². The van der Waals surface area contributed by atoms with Crippen LogP contribution in [0.5, 0.6) is 0 Å². The minimum absolute atomic E-state index is 0.262. The van der Waals surface area contributed by atoms with E-state index in [9.17, 15) is 0 Å². The Morgan fingerprint density at radius 2 is 2.35 bits per heavy atom. The van der Waals surface area contributed by atoms with Gasteiger partial charge in [0.25, 0.3) is 5.78 Å². The third-order valence-corrected chi connectivity index (χ3v) is 4.34. The van der Waals surface area contributed by atoms with E-state index in [4.69, 9.17) is 11.6 Å². The number of anilines is 1. The maximum absolute atomic E-state index is 6.15. The van der Waals surface area contributed by atoms with E-state index in [1.54, 1.807) is 15.9 Å². The smallest absolute Gasteiger partial charge is 0.255 e. The highest BCUT2D eigenvalue weighted by atomic mass is 35.5. The third-order valence-electron chi connectivity index (χ3n) is 3.07. The molecular weight excluding hydrogens is 294 g/mol. The van der Waals surface area contributed by atoms with Crippen molar-refractivity contribution in [1.29, 1.82) is 0 Å². The molecule has 0 aliphatic rings. The van der Waals surface area contributed by atoms with Crippen LogP contribution >= 0.6 is 22.9 Å². The zero-order valence-electron chi connectivity index (χ0n) is 11.2. The summed E-state index contributed by atoms with van der Waals surface area (Å²) in [5.41, 5.74) is 0.877. The van der Waals surface area contributed by atoms with Gasteiger partial charge in [-0.2, -0.15) is 19.6 Å². The zero-order chi connectivity index (χ0) is 14.1. The average Bonchev–Trinajstić information content (AvgIpc) is 3.05. The summed E-state index contributed by atoms with van der Waals surface area (Å²) in [6.45, 7) is 4.06. The fourth-order valence-electron chi connectivity index (χ4n) is 2.08. The first-order chi connectivity index (χ1) is 9.65. The van der Waals surface area contributed by atoms with Gasteiger partial charge in [0.1, 0.15) is 17.3 Å². The van der Waals surface area contributed by atoms with Gasteiger partial charge in [0.2, 0.25) is 0 Å². The molecule has 0 aliphatic heterocycles. The van der Waals surface area contributed by atoms with Crippen molar-refractivity contribution < 1.29 is 0 Å². The maximum Gasteiger partial charge on any atom is 0.255 e. The molecular formula is C13H14ClN5S. The van der Waals surface area contributed by atoms with Gasteiger partial charge in [0.05, 0.1) is 0 Å². The lowest BCUT2D eigenvalue weighted by Crippen LogP contribution is -2.21. The summed E-state index contributed by atoms with van der Waals surface area (Å²) in [5, 5.41) is 10.2. The minimum Gasteiger partial charge on any atom is -0.367 e. The average molecular weight is 308 g/mol. The molecule has 3 aromatic heterocycles. The number of hydrogen-bond donors (Lipinski definition) is 1. The van der Waals surface area contributed by atoms with Gasteiger partial charge in [0.15, 0.2) is 0 Å². The fraction of sp³-hybridized carbons (Fsp3) is 0.308. The van der Waals surface area contributed by atoms with Gasteiger partial charge in [0, 0.05) is 22.9 Å². The predicted molar refractivity (Wildman–Crippen MR) is 81.6 cm³/mol. The number of rotatable bonds is 4. The molecule has 3 heterocycles. The van der Waals surface area contributed by atoms with E-state index in [-0.39, 0.29) is 6.04 Å². The summed E-state index contributed by atoms with van der Waals surface area (Å²) < 4.78 is 1.69. The Bertz CT molecular complexity index is 722. The fourth-order valence-corrected chi connectivity index (χ4v) is 3.08. The van der Waals surface area contributed by atoms with Gasteiger partial charge in [-0.25, -0.2) is 0 Å². The van der Waals surface area contributed by atoms with Crippen molar-refractivity contribution in [2.75, 3.05) is 5.32 Å². The summed E-state index contributed by atoms with van der Waals surface area (Å²) in [7, 11) is 0. The second kappa shape index (κ2) is 5.38. The number of hydrogen-bond acceptors (Lipinski definition) is 5. The number of fused-ring (bicyclic) bond motifs is 1. The molecule has 0 aliphatic carbocycles. The highest BCUT2D eigenvalue weighted by molar-refractivity contribution is 7.09. The lowest BCUT2D eigenvalue weighted by Gasteiger charge is -2.17. The lowest BCUT2D eigenvalue weighted by molar-refractivity contribution is 0.776. The van der Waals surface area contributed by atoms with Crippen molar-refractivity contribution in [2.24, 2.45) is 0 Å². The van der Waals surface area contributed by atoms with Crippen LogP contribution in [0, 0.1) is 6.92 Å². The Hall–Kier alpha value is -1.66. The van der Waals surface area contributed by atoms with E-state index in [1.807, 2.05) is 6.92 Å². The van der Waals surface area contributed by atoms with Crippen LogP contribution in [0.15, 0.2) is 23.8 Å². The minimum atomic E-state index is 0.262. The molecule has 1 unspecified atom stereocenters.